The zero-order valence-corrected chi connectivity index (χ0v) is 18.3. The summed E-state index contributed by atoms with van der Waals surface area (Å²) in [5.41, 5.74) is 0. The fraction of sp³-hybridized carbons (Fsp3) is 0.765. The molecule has 0 spiro atoms. The monoisotopic (exact) mass is 461 g/mol. The van der Waals surface area contributed by atoms with Crippen LogP contribution in [0, 0.1) is 5.92 Å². The smallest absolute Gasteiger partial charge is 0 e. The summed E-state index contributed by atoms with van der Waals surface area (Å²) in [7, 11) is 0. The van der Waals surface area contributed by atoms with Crippen molar-refractivity contribution >= 4 is 0 Å². The molecular formula is C17H35HfN3-2. The average Bonchev–Trinajstić information content (AvgIpc) is 2.96. The molecule has 4 heteroatoms. The molecule has 1 N–H and O–H groups in total. The zero-order chi connectivity index (χ0) is 15.5. The molecular weight excluding hydrogens is 425 g/mol. The molecule has 0 fully saturated rings. The molecule has 0 heterocycles. The van der Waals surface area contributed by atoms with Crippen LogP contribution < -0.4 is 5.32 Å². The van der Waals surface area contributed by atoms with E-state index >= 15 is 0 Å². The molecule has 0 aromatic heterocycles. The van der Waals surface area contributed by atoms with Gasteiger partial charge in [0.05, 0.1) is 0 Å². The number of hydrogen-bond donors (Lipinski definition) is 1. The van der Waals surface area contributed by atoms with Crippen molar-refractivity contribution < 1.29 is 25.8 Å². The van der Waals surface area contributed by atoms with E-state index in [1.165, 1.54) is 6.42 Å². The third-order valence-electron chi connectivity index (χ3n) is 2.63. The first-order valence-corrected chi connectivity index (χ1v) is 8.08. The minimum absolute atomic E-state index is 0. The largest absolute Gasteiger partial charge is 0.663 e. The van der Waals surface area contributed by atoms with Crippen molar-refractivity contribution in [2.24, 2.45) is 5.92 Å². The Labute approximate surface area is 152 Å². The summed E-state index contributed by atoms with van der Waals surface area (Å²) < 4.78 is 0. The Morgan fingerprint density at radius 3 is 1.52 bits per heavy atom. The standard InChI is InChI=1S/C9H15N.2C4H10N.Hf/c1-2-10-8-7-9-5-3-4-6-9;2*1-3-5-4-2;/h3-6,9-10H,2,7-8H2,1H3;2*3-4H2,1-2H3;/q;2*-1;. The van der Waals surface area contributed by atoms with Gasteiger partial charge in [0.15, 0.2) is 0 Å². The van der Waals surface area contributed by atoms with Crippen LogP contribution in [0.4, 0.5) is 0 Å². The Kier molecular flexibility index (Phi) is 31.4. The maximum absolute atomic E-state index is 3.97. The van der Waals surface area contributed by atoms with Gasteiger partial charge in [-0.25, -0.2) is 0 Å². The molecule has 21 heavy (non-hydrogen) atoms. The predicted molar refractivity (Wildman–Crippen MR) is 93.8 cm³/mol. The minimum atomic E-state index is 0. The molecule has 3 nitrogen and oxygen atoms in total. The van der Waals surface area contributed by atoms with Gasteiger partial charge in [-0.05, 0) is 25.4 Å². The minimum Gasteiger partial charge on any atom is -0.663 e. The van der Waals surface area contributed by atoms with E-state index in [1.807, 2.05) is 27.7 Å². The molecule has 0 saturated carbocycles. The van der Waals surface area contributed by atoms with Crippen LogP contribution in [-0.4, -0.2) is 39.3 Å². The summed E-state index contributed by atoms with van der Waals surface area (Å²) in [5, 5.41) is 11.3. The maximum Gasteiger partial charge on any atom is 0 e. The molecule has 1 aliphatic carbocycles. The number of hydrogen-bond acceptors (Lipinski definition) is 1. The van der Waals surface area contributed by atoms with Crippen LogP contribution in [0.25, 0.3) is 10.6 Å². The fourth-order valence-corrected chi connectivity index (χ4v) is 1.56. The van der Waals surface area contributed by atoms with Gasteiger partial charge < -0.3 is 16.0 Å². The summed E-state index contributed by atoms with van der Waals surface area (Å²) in [6, 6.07) is 0. The van der Waals surface area contributed by atoms with Crippen molar-refractivity contribution in [3.8, 4) is 0 Å². The van der Waals surface area contributed by atoms with E-state index in [2.05, 4.69) is 47.2 Å². The van der Waals surface area contributed by atoms with E-state index in [9.17, 15) is 0 Å². The van der Waals surface area contributed by atoms with Crippen molar-refractivity contribution in [1.29, 1.82) is 0 Å². The Balaban J connectivity index is -0.000000254. The molecule has 0 aromatic carbocycles. The van der Waals surface area contributed by atoms with Gasteiger partial charge in [-0.15, -0.1) is 0 Å². The Bertz CT molecular complexity index is 196. The van der Waals surface area contributed by atoms with Gasteiger partial charge in [0.2, 0.25) is 0 Å². The third kappa shape index (κ3) is 25.5. The van der Waals surface area contributed by atoms with Crippen LogP contribution in [0.3, 0.4) is 0 Å². The molecule has 0 radical (unpaired) electrons. The van der Waals surface area contributed by atoms with Crippen LogP contribution in [-0.2, 0) is 25.8 Å². The van der Waals surface area contributed by atoms with Gasteiger partial charge >= 0.3 is 0 Å². The molecule has 0 amide bonds. The zero-order valence-electron chi connectivity index (χ0n) is 14.7. The maximum atomic E-state index is 3.97. The van der Waals surface area contributed by atoms with Crippen LogP contribution in [0.1, 0.15) is 41.0 Å². The summed E-state index contributed by atoms with van der Waals surface area (Å²) in [6.07, 6.45) is 9.97. The molecule has 1 rings (SSSR count). The first kappa shape index (κ1) is 26.1. The Morgan fingerprint density at radius 2 is 1.24 bits per heavy atom. The molecule has 0 atom stereocenters. The van der Waals surface area contributed by atoms with Gasteiger partial charge in [-0.3, -0.25) is 0 Å². The van der Waals surface area contributed by atoms with E-state index < -0.39 is 0 Å². The van der Waals surface area contributed by atoms with Gasteiger partial charge in [0, 0.05) is 25.8 Å². The van der Waals surface area contributed by atoms with Gasteiger partial charge in [-0.1, -0.05) is 58.9 Å². The van der Waals surface area contributed by atoms with Gasteiger partial charge in [-0.2, -0.15) is 26.2 Å². The predicted octanol–water partition coefficient (Wildman–Crippen LogP) is 4.53. The van der Waals surface area contributed by atoms with Crippen molar-refractivity contribution in [3.05, 3.63) is 34.9 Å². The second-order valence-electron chi connectivity index (χ2n) is 4.29. The van der Waals surface area contributed by atoms with E-state index in [0.29, 0.717) is 5.92 Å². The van der Waals surface area contributed by atoms with E-state index in [1.54, 1.807) is 0 Å². The molecule has 1 aliphatic rings. The topological polar surface area (TPSA) is 40.2 Å². The van der Waals surface area contributed by atoms with Crippen molar-refractivity contribution in [2.75, 3.05) is 39.3 Å². The van der Waals surface area contributed by atoms with E-state index in [4.69, 9.17) is 0 Å². The number of allylic oxidation sites excluding steroid dienone is 4. The van der Waals surface area contributed by atoms with Crippen molar-refractivity contribution in [3.63, 3.8) is 0 Å². The summed E-state index contributed by atoms with van der Waals surface area (Å²) in [6.45, 7) is 16.4. The van der Waals surface area contributed by atoms with Crippen molar-refractivity contribution in [1.82, 2.24) is 5.32 Å². The number of rotatable bonds is 8. The Morgan fingerprint density at radius 1 is 0.810 bits per heavy atom. The Hall–Kier alpha value is 0.230. The van der Waals surface area contributed by atoms with Crippen molar-refractivity contribution in [2.45, 2.75) is 41.0 Å². The van der Waals surface area contributed by atoms with Crippen LogP contribution in [0.5, 0.6) is 0 Å². The van der Waals surface area contributed by atoms with Crippen LogP contribution in [0.2, 0.25) is 0 Å². The summed E-state index contributed by atoms with van der Waals surface area (Å²) >= 11 is 0. The van der Waals surface area contributed by atoms with Gasteiger partial charge in [0.25, 0.3) is 0 Å². The number of nitrogens with zero attached hydrogens (tertiary/aromatic N) is 2. The molecule has 124 valence electrons. The molecule has 0 bridgehead atoms. The van der Waals surface area contributed by atoms with Crippen LogP contribution >= 0.6 is 0 Å². The van der Waals surface area contributed by atoms with E-state index in [0.717, 1.165) is 39.3 Å². The second kappa shape index (κ2) is 25.2. The van der Waals surface area contributed by atoms with E-state index in [-0.39, 0.29) is 25.8 Å². The summed E-state index contributed by atoms with van der Waals surface area (Å²) in [4.78, 5) is 0. The fourth-order valence-electron chi connectivity index (χ4n) is 1.56. The number of nitrogens with one attached hydrogen (secondary N) is 1. The molecule has 0 unspecified atom stereocenters. The van der Waals surface area contributed by atoms with Gasteiger partial charge in [0.1, 0.15) is 0 Å². The first-order valence-electron chi connectivity index (χ1n) is 8.08. The first-order chi connectivity index (χ1) is 9.76. The second-order valence-corrected chi connectivity index (χ2v) is 4.29. The molecule has 0 aliphatic heterocycles. The molecule has 0 aromatic rings. The quantitative estimate of drug-likeness (QED) is 0.420. The third-order valence-corrected chi connectivity index (χ3v) is 2.63. The average molecular weight is 460 g/mol. The SMILES string of the molecule is CCNCCC1C=CC=C1.CC[N-]CC.CC[N-]CC.[Hf]. The molecule has 0 saturated heterocycles. The van der Waals surface area contributed by atoms with Crippen LogP contribution in [0.15, 0.2) is 24.3 Å². The summed E-state index contributed by atoms with van der Waals surface area (Å²) in [5.74, 6) is 0.694. The normalized spacial score (nSPS) is 12.0.